The first-order chi connectivity index (χ1) is 9.52. The zero-order valence-corrected chi connectivity index (χ0v) is 12.5. The predicted molar refractivity (Wildman–Crippen MR) is 81.4 cm³/mol. The van der Waals surface area contributed by atoms with Crippen LogP contribution in [0.15, 0.2) is 18.2 Å². The van der Waals surface area contributed by atoms with E-state index in [9.17, 15) is 4.79 Å². The van der Waals surface area contributed by atoms with Crippen molar-refractivity contribution in [1.82, 2.24) is 0 Å². The maximum Gasteiger partial charge on any atom is 0.253 e. The van der Waals surface area contributed by atoms with Gasteiger partial charge in [0.15, 0.2) is 0 Å². The molecule has 0 saturated carbocycles. The van der Waals surface area contributed by atoms with Crippen molar-refractivity contribution in [3.05, 3.63) is 23.2 Å². The standard InChI is InChI=1S/C14H20ClN3O2/c1-18(2)13-10(15)4-3-5-11(13)17-14(19)12-7-6-9(8-16)20-12/h3-5,9,12H,6-8,16H2,1-2H3,(H,17,19). The number of nitrogens with one attached hydrogen (secondary N) is 1. The van der Waals surface area contributed by atoms with Crippen LogP contribution < -0.4 is 16.0 Å². The highest BCUT2D eigenvalue weighted by Crippen LogP contribution is 2.33. The first-order valence-electron chi connectivity index (χ1n) is 6.65. The van der Waals surface area contributed by atoms with Crippen LogP contribution >= 0.6 is 11.6 Å². The third-order valence-corrected chi connectivity index (χ3v) is 3.66. The summed E-state index contributed by atoms with van der Waals surface area (Å²) in [6.45, 7) is 0.448. The molecule has 1 saturated heterocycles. The number of hydrogen-bond acceptors (Lipinski definition) is 4. The second-order valence-corrected chi connectivity index (χ2v) is 5.49. The monoisotopic (exact) mass is 297 g/mol. The highest BCUT2D eigenvalue weighted by atomic mass is 35.5. The molecule has 0 aliphatic carbocycles. The van der Waals surface area contributed by atoms with Gasteiger partial charge in [0.05, 0.1) is 22.5 Å². The van der Waals surface area contributed by atoms with Crippen LogP contribution in [-0.4, -0.2) is 38.8 Å². The summed E-state index contributed by atoms with van der Waals surface area (Å²) in [5.74, 6) is -0.147. The number of rotatable bonds is 4. The molecule has 1 aliphatic heterocycles. The van der Waals surface area contributed by atoms with Gasteiger partial charge in [-0.3, -0.25) is 4.79 Å². The summed E-state index contributed by atoms with van der Waals surface area (Å²) in [4.78, 5) is 14.1. The SMILES string of the molecule is CN(C)c1c(Cl)cccc1NC(=O)C1CCC(CN)O1. The molecule has 2 unspecified atom stereocenters. The molecule has 1 fully saturated rings. The van der Waals surface area contributed by atoms with Crippen molar-refractivity contribution >= 4 is 28.9 Å². The first-order valence-corrected chi connectivity index (χ1v) is 7.03. The zero-order valence-electron chi connectivity index (χ0n) is 11.7. The molecule has 0 spiro atoms. The summed E-state index contributed by atoms with van der Waals surface area (Å²) < 4.78 is 5.59. The minimum atomic E-state index is -0.433. The molecular weight excluding hydrogens is 278 g/mol. The van der Waals surface area contributed by atoms with Crippen molar-refractivity contribution in [2.45, 2.75) is 25.0 Å². The molecule has 1 amide bonds. The van der Waals surface area contributed by atoms with E-state index < -0.39 is 6.10 Å². The Morgan fingerprint density at radius 3 is 2.85 bits per heavy atom. The highest BCUT2D eigenvalue weighted by molar-refractivity contribution is 6.34. The maximum atomic E-state index is 12.2. The van der Waals surface area contributed by atoms with Crippen LogP contribution in [-0.2, 0) is 9.53 Å². The molecule has 0 radical (unpaired) electrons. The van der Waals surface area contributed by atoms with Crippen molar-refractivity contribution in [2.75, 3.05) is 30.9 Å². The molecule has 3 N–H and O–H groups in total. The lowest BCUT2D eigenvalue weighted by Crippen LogP contribution is -2.30. The molecule has 2 atom stereocenters. The van der Waals surface area contributed by atoms with Gasteiger partial charge in [0.25, 0.3) is 5.91 Å². The number of carbonyl (C=O) groups excluding carboxylic acids is 1. The number of para-hydroxylation sites is 1. The Hall–Kier alpha value is -1.30. The molecule has 1 aromatic carbocycles. The Bertz CT molecular complexity index is 493. The Morgan fingerprint density at radius 2 is 2.25 bits per heavy atom. The Morgan fingerprint density at radius 1 is 1.50 bits per heavy atom. The van der Waals surface area contributed by atoms with Crippen molar-refractivity contribution in [2.24, 2.45) is 5.73 Å². The number of nitrogens with two attached hydrogens (primary N) is 1. The van der Waals surface area contributed by atoms with Gasteiger partial charge in [-0.2, -0.15) is 0 Å². The Labute approximate surface area is 124 Å². The van der Waals surface area contributed by atoms with Crippen LogP contribution in [0.4, 0.5) is 11.4 Å². The van der Waals surface area contributed by atoms with Gasteiger partial charge in [-0.25, -0.2) is 0 Å². The summed E-state index contributed by atoms with van der Waals surface area (Å²) in [6.07, 6.45) is 1.08. The fourth-order valence-electron chi connectivity index (χ4n) is 2.36. The Kier molecular flexibility index (Phi) is 4.86. The predicted octanol–water partition coefficient (Wildman–Crippen LogP) is 1.85. The zero-order chi connectivity index (χ0) is 14.7. The number of halogens is 1. The van der Waals surface area contributed by atoms with Crippen LogP contribution in [0.5, 0.6) is 0 Å². The van der Waals surface area contributed by atoms with Crippen LogP contribution in [0.1, 0.15) is 12.8 Å². The second-order valence-electron chi connectivity index (χ2n) is 5.08. The summed E-state index contributed by atoms with van der Waals surface area (Å²) in [5, 5.41) is 3.49. The van der Waals surface area contributed by atoms with Crippen molar-refractivity contribution in [1.29, 1.82) is 0 Å². The molecule has 5 nitrogen and oxygen atoms in total. The minimum absolute atomic E-state index is 0.0153. The first kappa shape index (κ1) is 15.1. The molecule has 0 bridgehead atoms. The van der Waals surface area contributed by atoms with Gasteiger partial charge in [0.1, 0.15) is 6.10 Å². The van der Waals surface area contributed by atoms with Crippen LogP contribution in [0, 0.1) is 0 Å². The molecule has 1 aromatic rings. The second kappa shape index (κ2) is 6.43. The van der Waals surface area contributed by atoms with Gasteiger partial charge in [-0.05, 0) is 25.0 Å². The summed E-state index contributed by atoms with van der Waals surface area (Å²) in [6, 6.07) is 5.43. The number of hydrogen-bond donors (Lipinski definition) is 2. The van der Waals surface area contributed by atoms with Crippen molar-refractivity contribution in [3.8, 4) is 0 Å². The number of benzene rings is 1. The van der Waals surface area contributed by atoms with Crippen LogP contribution in [0.25, 0.3) is 0 Å². The number of anilines is 2. The average molecular weight is 298 g/mol. The largest absolute Gasteiger partial charge is 0.375 e. The van der Waals surface area contributed by atoms with E-state index in [0.717, 1.165) is 12.1 Å². The van der Waals surface area contributed by atoms with Crippen LogP contribution in [0.3, 0.4) is 0 Å². The minimum Gasteiger partial charge on any atom is -0.375 e. The number of ether oxygens (including phenoxy) is 1. The molecule has 2 rings (SSSR count). The molecule has 6 heteroatoms. The van der Waals surface area contributed by atoms with E-state index in [1.165, 1.54) is 0 Å². The Balaban J connectivity index is 2.11. The molecule has 110 valence electrons. The highest BCUT2D eigenvalue weighted by Gasteiger charge is 2.30. The summed E-state index contributed by atoms with van der Waals surface area (Å²) in [7, 11) is 3.76. The summed E-state index contributed by atoms with van der Waals surface area (Å²) in [5.41, 5.74) is 7.03. The van der Waals surface area contributed by atoms with E-state index >= 15 is 0 Å². The normalized spacial score (nSPS) is 21.8. The topological polar surface area (TPSA) is 67.6 Å². The van der Waals surface area contributed by atoms with Gasteiger partial charge < -0.3 is 20.7 Å². The van der Waals surface area contributed by atoms with Crippen LogP contribution in [0.2, 0.25) is 5.02 Å². The van der Waals surface area contributed by atoms with E-state index in [2.05, 4.69) is 5.32 Å². The third kappa shape index (κ3) is 3.23. The lowest BCUT2D eigenvalue weighted by Gasteiger charge is -2.20. The fourth-order valence-corrected chi connectivity index (χ4v) is 2.70. The number of amides is 1. The van der Waals surface area contributed by atoms with E-state index in [1.807, 2.05) is 31.1 Å². The van der Waals surface area contributed by atoms with Crippen molar-refractivity contribution < 1.29 is 9.53 Å². The smallest absolute Gasteiger partial charge is 0.253 e. The van der Waals surface area contributed by atoms with Gasteiger partial charge in [-0.1, -0.05) is 17.7 Å². The van der Waals surface area contributed by atoms with Crippen molar-refractivity contribution in [3.63, 3.8) is 0 Å². The van der Waals surface area contributed by atoms with Gasteiger partial charge in [0.2, 0.25) is 0 Å². The lowest BCUT2D eigenvalue weighted by atomic mass is 10.2. The molecule has 1 heterocycles. The van der Waals surface area contributed by atoms with Gasteiger partial charge in [0, 0.05) is 20.6 Å². The number of carbonyl (C=O) groups is 1. The lowest BCUT2D eigenvalue weighted by molar-refractivity contribution is -0.126. The maximum absolute atomic E-state index is 12.2. The number of nitrogens with zero attached hydrogens (tertiary/aromatic N) is 1. The molecule has 20 heavy (non-hydrogen) atoms. The third-order valence-electron chi connectivity index (χ3n) is 3.35. The molecule has 0 aromatic heterocycles. The molecular formula is C14H20ClN3O2. The average Bonchev–Trinajstić information content (AvgIpc) is 2.87. The molecule has 1 aliphatic rings. The van der Waals surface area contributed by atoms with E-state index in [1.54, 1.807) is 6.07 Å². The fraction of sp³-hybridized carbons (Fsp3) is 0.500. The van der Waals surface area contributed by atoms with Gasteiger partial charge >= 0.3 is 0 Å². The quantitative estimate of drug-likeness (QED) is 0.890. The van der Waals surface area contributed by atoms with E-state index in [0.29, 0.717) is 23.7 Å². The van der Waals surface area contributed by atoms with E-state index in [-0.39, 0.29) is 12.0 Å². The van der Waals surface area contributed by atoms with Gasteiger partial charge in [-0.15, -0.1) is 0 Å². The summed E-state index contributed by atoms with van der Waals surface area (Å²) >= 11 is 6.17. The van der Waals surface area contributed by atoms with E-state index in [4.69, 9.17) is 22.1 Å².